The molecule has 0 atom stereocenters. The van der Waals surface area contributed by atoms with Crippen molar-refractivity contribution < 1.29 is 14.2 Å². The Bertz CT molecular complexity index is 529. The van der Waals surface area contributed by atoms with Gasteiger partial charge in [-0.05, 0) is 18.2 Å². The van der Waals surface area contributed by atoms with E-state index >= 15 is 0 Å². The van der Waals surface area contributed by atoms with Gasteiger partial charge in [0.1, 0.15) is 5.75 Å². The molecule has 2 aromatic carbocycles. The SMILES string of the molecule is Nc1ccc(Oc2ccccc2CO)c(F)c1. The first kappa shape index (κ1) is 11.4. The van der Waals surface area contributed by atoms with E-state index in [4.69, 9.17) is 15.6 Å². The fraction of sp³-hybridized carbons (Fsp3) is 0.0769. The van der Waals surface area contributed by atoms with E-state index in [-0.39, 0.29) is 12.4 Å². The molecule has 3 nitrogen and oxygen atoms in total. The van der Waals surface area contributed by atoms with Crippen LogP contribution in [0.25, 0.3) is 0 Å². The Morgan fingerprint density at radius 3 is 2.59 bits per heavy atom. The molecule has 0 fully saturated rings. The third-order valence-electron chi connectivity index (χ3n) is 2.32. The molecule has 0 aliphatic heterocycles. The number of para-hydroxylation sites is 1. The molecule has 0 amide bonds. The number of aliphatic hydroxyl groups is 1. The first-order valence-corrected chi connectivity index (χ1v) is 5.12. The van der Waals surface area contributed by atoms with Crippen LogP contribution in [0.2, 0.25) is 0 Å². The maximum absolute atomic E-state index is 13.5. The minimum atomic E-state index is -0.530. The van der Waals surface area contributed by atoms with E-state index in [9.17, 15) is 4.39 Å². The van der Waals surface area contributed by atoms with Gasteiger partial charge in [0, 0.05) is 17.3 Å². The van der Waals surface area contributed by atoms with Gasteiger partial charge in [-0.25, -0.2) is 4.39 Å². The highest BCUT2D eigenvalue weighted by Gasteiger charge is 2.07. The average molecular weight is 233 g/mol. The highest BCUT2D eigenvalue weighted by atomic mass is 19.1. The molecular formula is C13H12FNO2. The smallest absolute Gasteiger partial charge is 0.167 e. The Hall–Kier alpha value is -2.07. The van der Waals surface area contributed by atoms with Crippen LogP contribution >= 0.6 is 0 Å². The second-order valence-corrected chi connectivity index (χ2v) is 3.56. The third kappa shape index (κ3) is 2.54. The molecular weight excluding hydrogens is 221 g/mol. The van der Waals surface area contributed by atoms with Crippen molar-refractivity contribution >= 4 is 5.69 Å². The molecule has 3 N–H and O–H groups in total. The lowest BCUT2D eigenvalue weighted by Crippen LogP contribution is -1.94. The summed E-state index contributed by atoms with van der Waals surface area (Å²) in [5.41, 5.74) is 6.38. The van der Waals surface area contributed by atoms with Gasteiger partial charge in [-0.15, -0.1) is 0 Å². The average Bonchev–Trinajstić information content (AvgIpc) is 2.33. The summed E-state index contributed by atoms with van der Waals surface area (Å²) < 4.78 is 18.9. The van der Waals surface area contributed by atoms with Gasteiger partial charge in [-0.2, -0.15) is 0 Å². The first-order valence-electron chi connectivity index (χ1n) is 5.12. The summed E-state index contributed by atoms with van der Waals surface area (Å²) in [4.78, 5) is 0. The molecule has 0 unspecified atom stereocenters. The first-order chi connectivity index (χ1) is 8.20. The van der Waals surface area contributed by atoms with E-state index in [0.29, 0.717) is 17.0 Å². The number of aliphatic hydroxyl groups excluding tert-OH is 1. The van der Waals surface area contributed by atoms with Gasteiger partial charge in [0.2, 0.25) is 0 Å². The minimum absolute atomic E-state index is 0.0834. The number of hydrogen-bond donors (Lipinski definition) is 2. The number of ether oxygens (including phenoxy) is 1. The van der Waals surface area contributed by atoms with E-state index < -0.39 is 5.82 Å². The van der Waals surface area contributed by atoms with Gasteiger partial charge < -0.3 is 15.6 Å². The van der Waals surface area contributed by atoms with Crippen LogP contribution < -0.4 is 10.5 Å². The van der Waals surface area contributed by atoms with Gasteiger partial charge >= 0.3 is 0 Å². The largest absolute Gasteiger partial charge is 0.454 e. The molecule has 0 aliphatic rings. The molecule has 0 radical (unpaired) electrons. The molecule has 0 saturated carbocycles. The predicted molar refractivity (Wildman–Crippen MR) is 63.3 cm³/mol. The second-order valence-electron chi connectivity index (χ2n) is 3.56. The van der Waals surface area contributed by atoms with Crippen molar-refractivity contribution in [1.82, 2.24) is 0 Å². The van der Waals surface area contributed by atoms with Crippen LogP contribution in [0.5, 0.6) is 11.5 Å². The molecule has 4 heteroatoms. The minimum Gasteiger partial charge on any atom is -0.454 e. The Morgan fingerprint density at radius 1 is 1.12 bits per heavy atom. The lowest BCUT2D eigenvalue weighted by Gasteiger charge is -2.10. The van der Waals surface area contributed by atoms with Crippen molar-refractivity contribution in [3.63, 3.8) is 0 Å². The van der Waals surface area contributed by atoms with Gasteiger partial charge in [0.25, 0.3) is 0 Å². The highest BCUT2D eigenvalue weighted by Crippen LogP contribution is 2.28. The summed E-state index contributed by atoms with van der Waals surface area (Å²) in [6.45, 7) is -0.160. The van der Waals surface area contributed by atoms with Crippen LogP contribution in [0.1, 0.15) is 5.56 Å². The summed E-state index contributed by atoms with van der Waals surface area (Å²) in [5, 5.41) is 9.12. The number of benzene rings is 2. The van der Waals surface area contributed by atoms with Crippen molar-refractivity contribution in [1.29, 1.82) is 0 Å². The number of anilines is 1. The normalized spacial score (nSPS) is 10.2. The fourth-order valence-electron chi connectivity index (χ4n) is 1.45. The van der Waals surface area contributed by atoms with Crippen LogP contribution in [0, 0.1) is 5.82 Å². The molecule has 0 bridgehead atoms. The maximum Gasteiger partial charge on any atom is 0.167 e. The summed E-state index contributed by atoms with van der Waals surface area (Å²) in [6.07, 6.45) is 0. The molecule has 88 valence electrons. The van der Waals surface area contributed by atoms with E-state index in [2.05, 4.69) is 0 Å². The van der Waals surface area contributed by atoms with Gasteiger partial charge in [0.15, 0.2) is 11.6 Å². The Balaban J connectivity index is 2.31. The zero-order chi connectivity index (χ0) is 12.3. The number of rotatable bonds is 3. The maximum atomic E-state index is 13.5. The third-order valence-corrected chi connectivity index (χ3v) is 2.32. The highest BCUT2D eigenvalue weighted by molar-refractivity contribution is 5.45. The summed E-state index contributed by atoms with van der Waals surface area (Å²) in [6, 6.07) is 11.1. The van der Waals surface area contributed by atoms with E-state index in [1.807, 2.05) is 0 Å². The predicted octanol–water partition coefficient (Wildman–Crippen LogP) is 2.69. The van der Waals surface area contributed by atoms with Crippen molar-refractivity contribution in [2.75, 3.05) is 5.73 Å². The van der Waals surface area contributed by atoms with Crippen molar-refractivity contribution in [2.45, 2.75) is 6.61 Å². The van der Waals surface area contributed by atoms with Crippen LogP contribution in [0.4, 0.5) is 10.1 Å². The Labute approximate surface area is 98.3 Å². The monoisotopic (exact) mass is 233 g/mol. The summed E-state index contributed by atoms with van der Waals surface area (Å²) in [5.74, 6) is -0.0171. The zero-order valence-electron chi connectivity index (χ0n) is 9.06. The van der Waals surface area contributed by atoms with Crippen LogP contribution in [0.3, 0.4) is 0 Å². The molecule has 0 saturated heterocycles. The second kappa shape index (κ2) is 4.84. The van der Waals surface area contributed by atoms with E-state index in [1.54, 1.807) is 30.3 Å². The molecule has 0 heterocycles. The number of hydrogen-bond acceptors (Lipinski definition) is 3. The van der Waals surface area contributed by atoms with Crippen molar-refractivity contribution in [3.05, 3.63) is 53.8 Å². The van der Waals surface area contributed by atoms with Gasteiger partial charge in [-0.3, -0.25) is 0 Å². The van der Waals surface area contributed by atoms with Gasteiger partial charge in [0.05, 0.1) is 6.61 Å². The Morgan fingerprint density at radius 2 is 1.88 bits per heavy atom. The summed E-state index contributed by atoms with van der Waals surface area (Å²) >= 11 is 0. The molecule has 2 aromatic rings. The number of halogens is 1. The quantitative estimate of drug-likeness (QED) is 0.801. The molecule has 2 rings (SSSR count). The van der Waals surface area contributed by atoms with Crippen molar-refractivity contribution in [2.24, 2.45) is 0 Å². The molecule has 17 heavy (non-hydrogen) atoms. The number of nitrogens with two attached hydrogens (primary N) is 1. The van der Waals surface area contributed by atoms with E-state index in [0.717, 1.165) is 0 Å². The molecule has 0 aliphatic carbocycles. The summed E-state index contributed by atoms with van der Waals surface area (Å²) in [7, 11) is 0. The lowest BCUT2D eigenvalue weighted by atomic mass is 10.2. The Kier molecular flexibility index (Phi) is 3.25. The lowest BCUT2D eigenvalue weighted by molar-refractivity contribution is 0.276. The standard InChI is InChI=1S/C13H12FNO2/c14-11-7-10(15)5-6-13(11)17-12-4-2-1-3-9(12)8-16/h1-7,16H,8,15H2. The van der Waals surface area contributed by atoms with Crippen LogP contribution in [-0.4, -0.2) is 5.11 Å². The van der Waals surface area contributed by atoms with Crippen LogP contribution in [-0.2, 0) is 6.61 Å². The van der Waals surface area contributed by atoms with Gasteiger partial charge in [-0.1, -0.05) is 18.2 Å². The van der Waals surface area contributed by atoms with Crippen molar-refractivity contribution in [3.8, 4) is 11.5 Å². The van der Waals surface area contributed by atoms with Crippen LogP contribution in [0.15, 0.2) is 42.5 Å². The number of nitrogen functional groups attached to an aromatic ring is 1. The van der Waals surface area contributed by atoms with E-state index in [1.165, 1.54) is 12.1 Å². The topological polar surface area (TPSA) is 55.5 Å². The fourth-order valence-corrected chi connectivity index (χ4v) is 1.45. The molecule has 0 spiro atoms. The zero-order valence-corrected chi connectivity index (χ0v) is 9.06. The molecule has 0 aromatic heterocycles.